The molecule has 2 aromatic rings. The van der Waals surface area contributed by atoms with Crippen molar-refractivity contribution < 1.29 is 23.9 Å². The first-order valence-corrected chi connectivity index (χ1v) is 8.98. The van der Waals surface area contributed by atoms with Crippen LogP contribution in [0.2, 0.25) is 0 Å². The number of ketones is 1. The maximum Gasteiger partial charge on any atom is 0.231 e. The van der Waals surface area contributed by atoms with Gasteiger partial charge in [0.2, 0.25) is 5.78 Å². The van der Waals surface area contributed by atoms with Crippen LogP contribution in [0.15, 0.2) is 42.2 Å². The summed E-state index contributed by atoms with van der Waals surface area (Å²) in [6.07, 6.45) is 5.07. The Morgan fingerprint density at radius 1 is 1.15 bits per heavy atom. The summed E-state index contributed by atoms with van der Waals surface area (Å²) in [6, 6.07) is 8.94. The van der Waals surface area contributed by atoms with Gasteiger partial charge in [-0.15, -0.1) is 0 Å². The molecule has 1 saturated heterocycles. The minimum absolute atomic E-state index is 0.0957. The zero-order valence-corrected chi connectivity index (χ0v) is 14.4. The van der Waals surface area contributed by atoms with E-state index in [2.05, 4.69) is 0 Å². The Balaban J connectivity index is 1.66. The third kappa shape index (κ3) is 3.22. The van der Waals surface area contributed by atoms with Crippen molar-refractivity contribution in [1.29, 1.82) is 0 Å². The standard InChI is InChI=1S/C21H20FNO3/c22-15-6-4-5-14(11-15)12-19-20(25)16-7-8-18(24)17(21(16)26-19)13-23-9-2-1-3-10-23/h4-8,11-12,24H,1-3,9-10,13H2. The Morgan fingerprint density at radius 3 is 2.73 bits per heavy atom. The molecule has 4 nitrogen and oxygen atoms in total. The van der Waals surface area contributed by atoms with E-state index in [4.69, 9.17) is 4.74 Å². The van der Waals surface area contributed by atoms with E-state index in [1.54, 1.807) is 12.1 Å². The Kier molecular flexibility index (Phi) is 4.47. The van der Waals surface area contributed by atoms with Gasteiger partial charge in [0.15, 0.2) is 5.76 Å². The lowest BCUT2D eigenvalue weighted by Crippen LogP contribution is -3.11. The lowest BCUT2D eigenvalue weighted by molar-refractivity contribution is -0.918. The number of carbonyl (C=O) groups is 1. The molecule has 0 aliphatic carbocycles. The number of carbonyl (C=O) groups excluding carboxylic acids is 1. The molecule has 4 rings (SSSR count). The molecule has 2 aliphatic rings. The Bertz CT molecular complexity index is 885. The number of hydrogen-bond acceptors (Lipinski definition) is 3. The van der Waals surface area contributed by atoms with Crippen LogP contribution >= 0.6 is 0 Å². The van der Waals surface area contributed by atoms with Crippen LogP contribution < -0.4 is 14.7 Å². The zero-order valence-electron chi connectivity index (χ0n) is 14.4. The van der Waals surface area contributed by atoms with Crippen LogP contribution in [0.3, 0.4) is 0 Å². The van der Waals surface area contributed by atoms with E-state index >= 15 is 0 Å². The lowest BCUT2D eigenvalue weighted by Gasteiger charge is -2.26. The summed E-state index contributed by atoms with van der Waals surface area (Å²) in [5.41, 5.74) is 1.53. The van der Waals surface area contributed by atoms with Crippen molar-refractivity contribution in [2.75, 3.05) is 13.1 Å². The van der Waals surface area contributed by atoms with Gasteiger partial charge in [-0.2, -0.15) is 0 Å². The van der Waals surface area contributed by atoms with Crippen molar-refractivity contribution in [3.63, 3.8) is 0 Å². The fraction of sp³-hybridized carbons (Fsp3) is 0.286. The number of benzene rings is 2. The molecule has 0 saturated carbocycles. The van der Waals surface area contributed by atoms with Crippen molar-refractivity contribution in [2.24, 2.45) is 0 Å². The van der Waals surface area contributed by atoms with Gasteiger partial charge in [-0.05, 0) is 49.1 Å². The molecule has 134 valence electrons. The summed E-state index contributed by atoms with van der Waals surface area (Å²) in [5, 5.41) is 12.4. The number of nitrogens with one attached hydrogen (secondary N) is 1. The summed E-state index contributed by atoms with van der Waals surface area (Å²) in [5.74, 6) is -0.228. The summed E-state index contributed by atoms with van der Waals surface area (Å²) in [6.45, 7) is 2.63. The summed E-state index contributed by atoms with van der Waals surface area (Å²) >= 11 is 0. The molecule has 2 heterocycles. The number of piperidine rings is 1. The number of hydrogen-bond donors (Lipinski definition) is 1. The second kappa shape index (κ2) is 6.92. The first-order chi connectivity index (χ1) is 12.6. The molecule has 1 N–H and O–H groups in total. The average molecular weight is 353 g/mol. The molecule has 0 aromatic heterocycles. The first kappa shape index (κ1) is 16.8. The molecule has 0 amide bonds. The molecule has 0 bridgehead atoms. The van der Waals surface area contributed by atoms with Crippen LogP contribution in [0.4, 0.5) is 4.39 Å². The number of allylic oxidation sites excluding steroid dienone is 1. The van der Waals surface area contributed by atoms with Gasteiger partial charge in [0.1, 0.15) is 18.1 Å². The van der Waals surface area contributed by atoms with E-state index < -0.39 is 0 Å². The quantitative estimate of drug-likeness (QED) is 0.860. The molecule has 1 fully saturated rings. The molecular formula is C21H20FNO3. The van der Waals surface area contributed by atoms with Gasteiger partial charge in [-0.3, -0.25) is 4.79 Å². The average Bonchev–Trinajstić information content (AvgIpc) is 2.95. The van der Waals surface area contributed by atoms with E-state index in [1.807, 2.05) is 0 Å². The highest BCUT2D eigenvalue weighted by molar-refractivity contribution is 6.14. The van der Waals surface area contributed by atoms with Crippen molar-refractivity contribution in [3.05, 3.63) is 64.7 Å². The van der Waals surface area contributed by atoms with Gasteiger partial charge in [0, 0.05) is 5.56 Å². The van der Waals surface area contributed by atoms with E-state index in [9.17, 15) is 14.3 Å². The molecule has 2 aromatic carbocycles. The summed E-state index contributed by atoms with van der Waals surface area (Å²) in [7, 11) is 0. The van der Waals surface area contributed by atoms with Gasteiger partial charge in [0.05, 0.1) is 18.7 Å². The highest BCUT2D eigenvalue weighted by Crippen LogP contribution is 2.38. The van der Waals surface area contributed by atoms with Crippen LogP contribution in [0.1, 0.15) is 40.7 Å². The molecule has 0 radical (unpaired) electrons. The molecule has 0 spiro atoms. The third-order valence-corrected chi connectivity index (χ3v) is 5.03. The predicted octanol–water partition coefficient (Wildman–Crippen LogP) is 2.08. The number of rotatable bonds is 3. The number of ether oxygens (including phenoxy) is 1. The first-order valence-electron chi connectivity index (χ1n) is 8.98. The van der Waals surface area contributed by atoms with Crippen molar-refractivity contribution >= 4 is 11.9 Å². The predicted molar refractivity (Wildman–Crippen MR) is 93.5 cm³/mol. The fourth-order valence-electron chi connectivity index (χ4n) is 3.68. The maximum atomic E-state index is 13.4. The Hall–Kier alpha value is -2.66. The van der Waals surface area contributed by atoms with Crippen LogP contribution in [-0.2, 0) is 6.54 Å². The zero-order chi connectivity index (χ0) is 18.1. The normalized spacial score (nSPS) is 18.8. The van der Waals surface area contributed by atoms with E-state index in [-0.39, 0.29) is 23.1 Å². The molecular weight excluding hydrogens is 333 g/mol. The highest BCUT2D eigenvalue weighted by Gasteiger charge is 2.31. The molecule has 26 heavy (non-hydrogen) atoms. The number of quaternary nitrogens is 1. The second-order valence-electron chi connectivity index (χ2n) is 6.90. The van der Waals surface area contributed by atoms with Crippen LogP contribution in [0.5, 0.6) is 11.5 Å². The number of halogens is 1. The monoisotopic (exact) mass is 353 g/mol. The van der Waals surface area contributed by atoms with Crippen molar-refractivity contribution in [1.82, 2.24) is 0 Å². The van der Waals surface area contributed by atoms with Gasteiger partial charge in [-0.25, -0.2) is 4.39 Å². The van der Waals surface area contributed by atoms with Crippen LogP contribution in [0, 0.1) is 5.82 Å². The molecule has 0 unspecified atom stereocenters. The van der Waals surface area contributed by atoms with Crippen molar-refractivity contribution in [3.8, 4) is 11.5 Å². The van der Waals surface area contributed by atoms with Gasteiger partial charge < -0.3 is 14.7 Å². The topological polar surface area (TPSA) is 53.8 Å². The fourth-order valence-corrected chi connectivity index (χ4v) is 3.68. The van der Waals surface area contributed by atoms with Gasteiger partial charge in [-0.1, -0.05) is 23.9 Å². The van der Waals surface area contributed by atoms with Gasteiger partial charge in [0.25, 0.3) is 0 Å². The second-order valence-corrected chi connectivity index (χ2v) is 6.90. The number of likely N-dealkylation sites (tertiary alicyclic amines) is 1. The molecule has 5 heteroatoms. The lowest BCUT2D eigenvalue weighted by atomic mass is 10.0. The van der Waals surface area contributed by atoms with Gasteiger partial charge >= 0.3 is 0 Å². The van der Waals surface area contributed by atoms with E-state index in [0.717, 1.165) is 25.9 Å². The minimum atomic E-state index is -0.376. The van der Waals surface area contributed by atoms with Crippen molar-refractivity contribution in [2.45, 2.75) is 25.8 Å². The van der Waals surface area contributed by atoms with Crippen LogP contribution in [-0.4, -0.2) is 18.9 Å². The maximum absolute atomic E-state index is 13.4. The Morgan fingerprint density at radius 2 is 1.96 bits per heavy atom. The smallest absolute Gasteiger partial charge is 0.231 e. The summed E-state index contributed by atoms with van der Waals surface area (Å²) in [4.78, 5) is 14.0. The van der Waals surface area contributed by atoms with E-state index in [1.165, 1.54) is 41.7 Å². The minimum Gasteiger partial charge on any atom is -0.872 e. The number of fused-ring (bicyclic) bond motifs is 1. The molecule has 2 aliphatic heterocycles. The Labute approximate surface area is 151 Å². The van der Waals surface area contributed by atoms with E-state index in [0.29, 0.717) is 29.0 Å². The van der Waals surface area contributed by atoms with Crippen LogP contribution in [0.25, 0.3) is 6.08 Å². The number of Topliss-reactive ketones (excluding diaryl/α,β-unsaturated/α-hetero) is 1. The third-order valence-electron chi connectivity index (χ3n) is 5.03. The summed E-state index contributed by atoms with van der Waals surface area (Å²) < 4.78 is 19.2. The largest absolute Gasteiger partial charge is 0.872 e. The SMILES string of the molecule is O=C1C(=Cc2cccc(F)c2)Oc2c1ccc([O-])c2C[NH+]1CCCCC1. The highest BCUT2D eigenvalue weighted by atomic mass is 19.1. The molecule has 0 atom stereocenters.